The lowest BCUT2D eigenvalue weighted by Gasteiger charge is -2.09. The number of esters is 1. The molecule has 0 aliphatic rings. The van der Waals surface area contributed by atoms with Gasteiger partial charge in [0.1, 0.15) is 5.82 Å². The number of carbonyl (C=O) groups excluding carboxylic acids is 1. The third-order valence-electron chi connectivity index (χ3n) is 3.89. The van der Waals surface area contributed by atoms with E-state index in [9.17, 15) is 4.79 Å². The van der Waals surface area contributed by atoms with Crippen LogP contribution >= 0.6 is 0 Å². The van der Waals surface area contributed by atoms with Crippen molar-refractivity contribution in [1.82, 2.24) is 15.0 Å². The second-order valence-corrected chi connectivity index (χ2v) is 5.90. The molecule has 0 amide bonds. The molecule has 3 aromatic rings. The number of aliphatic hydroxyl groups is 1. The van der Waals surface area contributed by atoms with Crippen molar-refractivity contribution in [2.24, 2.45) is 0 Å². The van der Waals surface area contributed by atoms with Gasteiger partial charge in [-0.1, -0.05) is 19.9 Å². The molecule has 1 aromatic carbocycles. The van der Waals surface area contributed by atoms with E-state index in [4.69, 9.17) is 9.84 Å². The van der Waals surface area contributed by atoms with Gasteiger partial charge in [0.2, 0.25) is 5.95 Å². The van der Waals surface area contributed by atoms with E-state index in [1.54, 1.807) is 30.6 Å². The molecule has 0 saturated carbocycles. The zero-order chi connectivity index (χ0) is 21.8. The van der Waals surface area contributed by atoms with Gasteiger partial charge in [-0.15, -0.1) is 0 Å². The van der Waals surface area contributed by atoms with Gasteiger partial charge in [0, 0.05) is 36.8 Å². The van der Waals surface area contributed by atoms with E-state index >= 15 is 0 Å². The monoisotopic (exact) mass is 409 g/mol. The molecule has 0 spiro atoms. The van der Waals surface area contributed by atoms with Crippen LogP contribution in [-0.4, -0.2) is 46.3 Å². The first kappa shape index (κ1) is 22.8. The average Bonchev–Trinajstić information content (AvgIpc) is 2.80. The van der Waals surface area contributed by atoms with Crippen LogP contribution < -0.4 is 10.6 Å². The Hall–Kier alpha value is -3.52. The molecule has 158 valence electrons. The Morgan fingerprint density at radius 3 is 2.67 bits per heavy atom. The van der Waals surface area contributed by atoms with Gasteiger partial charge in [-0.2, -0.15) is 0 Å². The second-order valence-electron chi connectivity index (χ2n) is 5.90. The minimum atomic E-state index is -0.406. The Balaban J connectivity index is 0.00000155. The van der Waals surface area contributed by atoms with Gasteiger partial charge in [0.15, 0.2) is 0 Å². The summed E-state index contributed by atoms with van der Waals surface area (Å²) in [6.45, 7) is 4.77. The number of aliphatic hydroxyl groups excluding tert-OH is 1. The molecule has 0 unspecified atom stereocenters. The lowest BCUT2D eigenvalue weighted by molar-refractivity contribution is 0.0601. The van der Waals surface area contributed by atoms with Crippen LogP contribution in [0.5, 0.6) is 0 Å². The van der Waals surface area contributed by atoms with E-state index in [2.05, 4.69) is 25.6 Å². The number of methoxy groups -OCH3 is 1. The van der Waals surface area contributed by atoms with Crippen molar-refractivity contribution in [3.05, 3.63) is 60.4 Å². The summed E-state index contributed by atoms with van der Waals surface area (Å²) in [6.07, 6.45) is 4.01. The molecular weight excluding hydrogens is 382 g/mol. The number of ether oxygens (including phenoxy) is 1. The molecule has 3 N–H and O–H groups in total. The highest BCUT2D eigenvalue weighted by Crippen LogP contribution is 2.21. The topological polar surface area (TPSA) is 109 Å². The van der Waals surface area contributed by atoms with Gasteiger partial charge in [0.25, 0.3) is 0 Å². The highest BCUT2D eigenvalue weighted by molar-refractivity contribution is 5.90. The molecule has 0 atom stereocenters. The predicted octanol–water partition coefficient (Wildman–Crippen LogP) is 3.89. The van der Waals surface area contributed by atoms with E-state index in [1.165, 1.54) is 7.11 Å². The summed E-state index contributed by atoms with van der Waals surface area (Å²) in [5.41, 5.74) is 2.74. The maximum Gasteiger partial charge on any atom is 0.337 e. The van der Waals surface area contributed by atoms with Crippen molar-refractivity contribution in [3.63, 3.8) is 0 Å². The fourth-order valence-corrected chi connectivity index (χ4v) is 2.53. The Bertz CT molecular complexity index is 949. The summed E-state index contributed by atoms with van der Waals surface area (Å²) < 4.78 is 4.74. The Kier molecular flexibility index (Phi) is 9.20. The number of nitrogens with zero attached hydrogens (tertiary/aromatic N) is 3. The number of hydrogen-bond acceptors (Lipinski definition) is 8. The molecule has 0 aliphatic carbocycles. The first-order valence-electron chi connectivity index (χ1n) is 9.79. The highest BCUT2D eigenvalue weighted by Gasteiger charge is 2.08. The minimum Gasteiger partial charge on any atom is -0.465 e. The van der Waals surface area contributed by atoms with Crippen molar-refractivity contribution in [2.45, 2.75) is 20.3 Å². The number of carbonyl (C=O) groups is 1. The van der Waals surface area contributed by atoms with Crippen LogP contribution in [0.2, 0.25) is 0 Å². The third kappa shape index (κ3) is 6.52. The summed E-state index contributed by atoms with van der Waals surface area (Å²) in [5.74, 6) is 0.715. The van der Waals surface area contributed by atoms with Gasteiger partial charge in [-0.05, 0) is 42.8 Å². The van der Waals surface area contributed by atoms with E-state index < -0.39 is 5.97 Å². The summed E-state index contributed by atoms with van der Waals surface area (Å²) in [6, 6.07) is 12.5. The van der Waals surface area contributed by atoms with Crippen molar-refractivity contribution < 1.29 is 14.6 Å². The summed E-state index contributed by atoms with van der Waals surface area (Å²) >= 11 is 0. The van der Waals surface area contributed by atoms with Crippen LogP contribution in [0, 0.1) is 0 Å². The number of nitrogens with one attached hydrogen (secondary N) is 2. The van der Waals surface area contributed by atoms with E-state index in [0.29, 0.717) is 36.0 Å². The van der Waals surface area contributed by atoms with Gasteiger partial charge in [0.05, 0.1) is 18.4 Å². The first-order chi connectivity index (χ1) is 14.7. The summed E-state index contributed by atoms with van der Waals surface area (Å²) in [5, 5.41) is 15.1. The SMILES string of the molecule is CC.COC(=O)c1cccc(Nc2nccc(-c3ccnc(NCCCO)c3)n2)c1. The van der Waals surface area contributed by atoms with Crippen LogP contribution in [0.1, 0.15) is 30.6 Å². The maximum atomic E-state index is 11.7. The number of benzene rings is 1. The molecule has 2 aromatic heterocycles. The van der Waals surface area contributed by atoms with E-state index in [-0.39, 0.29) is 6.61 Å². The molecule has 0 bridgehead atoms. The number of aromatic nitrogens is 3. The third-order valence-corrected chi connectivity index (χ3v) is 3.89. The van der Waals surface area contributed by atoms with E-state index in [1.807, 2.05) is 38.1 Å². The zero-order valence-electron chi connectivity index (χ0n) is 17.4. The highest BCUT2D eigenvalue weighted by atomic mass is 16.5. The number of rotatable bonds is 8. The smallest absolute Gasteiger partial charge is 0.337 e. The van der Waals surface area contributed by atoms with Crippen molar-refractivity contribution in [2.75, 3.05) is 30.9 Å². The van der Waals surface area contributed by atoms with Crippen LogP contribution in [0.25, 0.3) is 11.3 Å². The molecular formula is C22H27N5O3. The van der Waals surface area contributed by atoms with Gasteiger partial charge in [-0.3, -0.25) is 0 Å². The Morgan fingerprint density at radius 2 is 1.90 bits per heavy atom. The van der Waals surface area contributed by atoms with Crippen molar-refractivity contribution in [3.8, 4) is 11.3 Å². The average molecular weight is 409 g/mol. The first-order valence-corrected chi connectivity index (χ1v) is 9.79. The minimum absolute atomic E-state index is 0.130. The molecule has 0 aliphatic heterocycles. The summed E-state index contributed by atoms with van der Waals surface area (Å²) in [4.78, 5) is 24.7. The zero-order valence-corrected chi connectivity index (χ0v) is 17.4. The lowest BCUT2D eigenvalue weighted by atomic mass is 10.2. The molecule has 8 heteroatoms. The quantitative estimate of drug-likeness (QED) is 0.380. The molecule has 0 fully saturated rings. The standard InChI is InChI=1S/C20H21N5O3.C2H6/c1-28-19(27)15-4-2-5-16(12-15)24-20-23-10-7-17(25-20)14-6-9-22-18(13-14)21-8-3-11-26;1-2/h2,4-7,9-10,12-13,26H,3,8,11H2,1H3,(H,21,22)(H,23,24,25);1-2H3. The molecule has 8 nitrogen and oxygen atoms in total. The van der Waals surface area contributed by atoms with Gasteiger partial charge >= 0.3 is 5.97 Å². The number of hydrogen-bond donors (Lipinski definition) is 3. The largest absolute Gasteiger partial charge is 0.465 e. The Morgan fingerprint density at radius 1 is 1.10 bits per heavy atom. The Labute approximate surface area is 176 Å². The fraction of sp³-hybridized carbons (Fsp3) is 0.273. The predicted molar refractivity (Wildman–Crippen MR) is 118 cm³/mol. The van der Waals surface area contributed by atoms with Crippen molar-refractivity contribution >= 4 is 23.4 Å². The normalized spacial score (nSPS) is 9.87. The fourth-order valence-electron chi connectivity index (χ4n) is 2.53. The van der Waals surface area contributed by atoms with Gasteiger partial charge < -0.3 is 20.5 Å². The van der Waals surface area contributed by atoms with Crippen LogP contribution in [0.4, 0.5) is 17.5 Å². The number of pyridine rings is 1. The molecule has 30 heavy (non-hydrogen) atoms. The molecule has 0 saturated heterocycles. The summed E-state index contributed by atoms with van der Waals surface area (Å²) in [7, 11) is 1.34. The molecule has 3 rings (SSSR count). The van der Waals surface area contributed by atoms with Crippen LogP contribution in [0.3, 0.4) is 0 Å². The second kappa shape index (κ2) is 12.1. The van der Waals surface area contributed by atoms with Crippen molar-refractivity contribution in [1.29, 1.82) is 0 Å². The molecule has 2 heterocycles. The van der Waals surface area contributed by atoms with E-state index in [0.717, 1.165) is 11.3 Å². The lowest BCUT2D eigenvalue weighted by Crippen LogP contribution is -2.05. The maximum absolute atomic E-state index is 11.7. The van der Waals surface area contributed by atoms with Crippen LogP contribution in [0.15, 0.2) is 54.9 Å². The number of anilines is 3. The van der Waals surface area contributed by atoms with Gasteiger partial charge in [-0.25, -0.2) is 19.7 Å². The molecule has 0 radical (unpaired) electrons. The van der Waals surface area contributed by atoms with Crippen LogP contribution in [-0.2, 0) is 4.74 Å².